The maximum Gasteiger partial charge on any atom is 0.232 e. The van der Waals surface area contributed by atoms with Crippen LogP contribution in [-0.2, 0) is 4.79 Å². The number of halogens is 1. The van der Waals surface area contributed by atoms with Gasteiger partial charge in [-0.15, -0.1) is 10.2 Å². The van der Waals surface area contributed by atoms with Crippen molar-refractivity contribution in [3.63, 3.8) is 0 Å². The molecule has 1 saturated heterocycles. The fraction of sp³-hybridized carbons (Fsp3) is 0.312. The Labute approximate surface area is 142 Å². The molecule has 1 aliphatic rings. The van der Waals surface area contributed by atoms with Gasteiger partial charge in [0.2, 0.25) is 5.91 Å². The minimum absolute atomic E-state index is 0.196. The molecular formula is C16H16BrN3OS. The largest absolute Gasteiger partial charge is 0.342 e. The van der Waals surface area contributed by atoms with Crippen LogP contribution in [0, 0.1) is 0 Å². The zero-order valence-electron chi connectivity index (χ0n) is 12.0. The fourth-order valence-corrected chi connectivity index (χ4v) is 3.35. The van der Waals surface area contributed by atoms with Crippen LogP contribution in [0.4, 0.5) is 0 Å². The second-order valence-corrected chi connectivity index (χ2v) is 7.05. The molecule has 0 N–H and O–H groups in total. The predicted octanol–water partition coefficient (Wildman–Crippen LogP) is 3.62. The van der Waals surface area contributed by atoms with Crippen LogP contribution in [0.2, 0.25) is 0 Å². The smallest absolute Gasteiger partial charge is 0.232 e. The summed E-state index contributed by atoms with van der Waals surface area (Å²) in [7, 11) is 0. The van der Waals surface area contributed by atoms with Crippen molar-refractivity contribution < 1.29 is 4.79 Å². The maximum absolute atomic E-state index is 12.0. The van der Waals surface area contributed by atoms with Gasteiger partial charge < -0.3 is 4.90 Å². The van der Waals surface area contributed by atoms with Gasteiger partial charge in [0.25, 0.3) is 0 Å². The van der Waals surface area contributed by atoms with Crippen LogP contribution in [0.15, 0.2) is 45.9 Å². The normalized spacial score (nSPS) is 14.3. The Bertz CT molecular complexity index is 639. The van der Waals surface area contributed by atoms with Crippen molar-refractivity contribution in [1.82, 2.24) is 15.1 Å². The Balaban J connectivity index is 1.59. The first-order valence-electron chi connectivity index (χ1n) is 7.22. The number of rotatable bonds is 4. The molecule has 3 rings (SSSR count). The Morgan fingerprint density at radius 2 is 1.82 bits per heavy atom. The van der Waals surface area contributed by atoms with E-state index in [9.17, 15) is 4.79 Å². The van der Waals surface area contributed by atoms with E-state index < -0.39 is 0 Å². The monoisotopic (exact) mass is 377 g/mol. The number of carbonyl (C=O) groups excluding carboxylic acids is 1. The molecule has 0 bridgehead atoms. The molecule has 0 unspecified atom stereocenters. The van der Waals surface area contributed by atoms with E-state index in [0.717, 1.165) is 46.7 Å². The van der Waals surface area contributed by atoms with E-state index in [-0.39, 0.29) is 5.91 Å². The van der Waals surface area contributed by atoms with Crippen LogP contribution in [0.3, 0.4) is 0 Å². The number of thioether (sulfide) groups is 1. The number of likely N-dealkylation sites (tertiary alicyclic amines) is 1. The van der Waals surface area contributed by atoms with Gasteiger partial charge in [0.15, 0.2) is 0 Å². The number of amides is 1. The maximum atomic E-state index is 12.0. The van der Waals surface area contributed by atoms with Gasteiger partial charge in [-0.25, -0.2) is 0 Å². The van der Waals surface area contributed by atoms with E-state index in [0.29, 0.717) is 5.75 Å². The molecule has 114 valence electrons. The highest BCUT2D eigenvalue weighted by atomic mass is 79.9. The van der Waals surface area contributed by atoms with Gasteiger partial charge in [-0.3, -0.25) is 4.79 Å². The highest BCUT2D eigenvalue weighted by Crippen LogP contribution is 2.22. The molecule has 0 radical (unpaired) electrons. The quantitative estimate of drug-likeness (QED) is 0.763. The zero-order valence-corrected chi connectivity index (χ0v) is 14.4. The van der Waals surface area contributed by atoms with E-state index in [1.54, 1.807) is 0 Å². The number of aromatic nitrogens is 2. The van der Waals surface area contributed by atoms with Crippen molar-refractivity contribution in [2.24, 2.45) is 0 Å². The van der Waals surface area contributed by atoms with Crippen molar-refractivity contribution >= 4 is 33.6 Å². The molecular weight excluding hydrogens is 362 g/mol. The molecule has 1 aliphatic heterocycles. The van der Waals surface area contributed by atoms with Gasteiger partial charge in [-0.2, -0.15) is 0 Å². The summed E-state index contributed by atoms with van der Waals surface area (Å²) >= 11 is 4.87. The van der Waals surface area contributed by atoms with Crippen LogP contribution in [0.25, 0.3) is 11.3 Å². The van der Waals surface area contributed by atoms with Crippen molar-refractivity contribution in [1.29, 1.82) is 0 Å². The minimum atomic E-state index is 0.196. The van der Waals surface area contributed by atoms with Crippen molar-refractivity contribution in [3.05, 3.63) is 40.9 Å². The first-order chi connectivity index (χ1) is 10.7. The van der Waals surface area contributed by atoms with E-state index in [1.165, 1.54) is 11.8 Å². The topological polar surface area (TPSA) is 46.1 Å². The number of nitrogens with zero attached hydrogens (tertiary/aromatic N) is 3. The molecule has 22 heavy (non-hydrogen) atoms. The standard InChI is InChI=1S/C16H16BrN3OS/c17-13-5-3-12(4-6-13)14-7-8-15(19-18-14)22-11-16(21)20-9-1-2-10-20/h3-8H,1-2,9-11H2. The number of benzene rings is 1. The van der Waals surface area contributed by atoms with Gasteiger partial charge in [-0.05, 0) is 37.1 Å². The van der Waals surface area contributed by atoms with Crippen LogP contribution in [0.5, 0.6) is 0 Å². The molecule has 6 heteroatoms. The SMILES string of the molecule is O=C(CSc1ccc(-c2ccc(Br)cc2)nn1)N1CCCC1. The molecule has 0 aliphatic carbocycles. The van der Waals surface area contributed by atoms with Crippen molar-refractivity contribution in [3.8, 4) is 11.3 Å². The molecule has 2 heterocycles. The highest BCUT2D eigenvalue weighted by Gasteiger charge is 2.17. The second kappa shape index (κ2) is 7.24. The summed E-state index contributed by atoms with van der Waals surface area (Å²) < 4.78 is 1.04. The van der Waals surface area contributed by atoms with Gasteiger partial charge >= 0.3 is 0 Å². The average molecular weight is 378 g/mol. The van der Waals surface area contributed by atoms with Crippen LogP contribution in [-0.4, -0.2) is 39.8 Å². The van der Waals surface area contributed by atoms with Crippen LogP contribution < -0.4 is 0 Å². The lowest BCUT2D eigenvalue weighted by molar-refractivity contribution is -0.127. The van der Waals surface area contributed by atoms with Gasteiger partial charge in [-0.1, -0.05) is 39.8 Å². The molecule has 1 amide bonds. The van der Waals surface area contributed by atoms with Gasteiger partial charge in [0.1, 0.15) is 5.03 Å². The summed E-state index contributed by atoms with van der Waals surface area (Å²) in [6.07, 6.45) is 2.25. The minimum Gasteiger partial charge on any atom is -0.342 e. The third kappa shape index (κ3) is 3.87. The third-order valence-corrected chi connectivity index (χ3v) is 5.02. The summed E-state index contributed by atoms with van der Waals surface area (Å²) in [5, 5.41) is 9.24. The summed E-state index contributed by atoms with van der Waals surface area (Å²) in [5.41, 5.74) is 1.86. The molecule has 4 nitrogen and oxygen atoms in total. The number of carbonyl (C=O) groups is 1. The number of hydrogen-bond acceptors (Lipinski definition) is 4. The first kappa shape index (κ1) is 15.5. The Morgan fingerprint density at radius 1 is 1.09 bits per heavy atom. The Morgan fingerprint density at radius 3 is 2.45 bits per heavy atom. The zero-order chi connectivity index (χ0) is 15.4. The van der Waals surface area contributed by atoms with Crippen LogP contribution >= 0.6 is 27.7 Å². The third-order valence-electron chi connectivity index (χ3n) is 3.58. The molecule has 0 atom stereocenters. The molecule has 1 aromatic heterocycles. The fourth-order valence-electron chi connectivity index (χ4n) is 2.37. The first-order valence-corrected chi connectivity index (χ1v) is 9.00. The Hall–Kier alpha value is -1.40. The van der Waals surface area contributed by atoms with Crippen molar-refractivity contribution in [2.75, 3.05) is 18.8 Å². The summed E-state index contributed by atoms with van der Waals surface area (Å²) in [6, 6.07) is 11.8. The van der Waals surface area contributed by atoms with Gasteiger partial charge in [0.05, 0.1) is 11.4 Å². The van der Waals surface area contributed by atoms with E-state index >= 15 is 0 Å². The molecule has 0 saturated carbocycles. The molecule has 0 spiro atoms. The summed E-state index contributed by atoms with van der Waals surface area (Å²) in [4.78, 5) is 13.9. The van der Waals surface area contributed by atoms with E-state index in [2.05, 4.69) is 26.1 Å². The lowest BCUT2D eigenvalue weighted by atomic mass is 10.1. The Kier molecular flexibility index (Phi) is 5.10. The predicted molar refractivity (Wildman–Crippen MR) is 91.7 cm³/mol. The second-order valence-electron chi connectivity index (χ2n) is 5.14. The lowest BCUT2D eigenvalue weighted by Gasteiger charge is -2.14. The van der Waals surface area contributed by atoms with E-state index in [1.807, 2.05) is 41.3 Å². The van der Waals surface area contributed by atoms with Crippen molar-refractivity contribution in [2.45, 2.75) is 17.9 Å². The molecule has 1 fully saturated rings. The van der Waals surface area contributed by atoms with Crippen LogP contribution in [0.1, 0.15) is 12.8 Å². The molecule has 2 aromatic rings. The summed E-state index contributed by atoms with van der Waals surface area (Å²) in [5.74, 6) is 0.632. The number of hydrogen-bond donors (Lipinski definition) is 0. The summed E-state index contributed by atoms with van der Waals surface area (Å²) in [6.45, 7) is 1.79. The lowest BCUT2D eigenvalue weighted by Crippen LogP contribution is -2.29. The molecule has 1 aromatic carbocycles. The van der Waals surface area contributed by atoms with Gasteiger partial charge in [0, 0.05) is 23.1 Å². The highest BCUT2D eigenvalue weighted by molar-refractivity contribution is 9.10. The van der Waals surface area contributed by atoms with E-state index in [4.69, 9.17) is 0 Å². The average Bonchev–Trinajstić information content (AvgIpc) is 3.08.